The average molecular weight is 623 g/mol. The highest BCUT2D eigenvalue weighted by Crippen LogP contribution is 2.34. The fraction of sp³-hybridized carbons (Fsp3) is 0.447. The molecule has 0 N–H and O–H groups in total. The molecule has 2 aliphatic heterocycles. The number of piperidine rings is 1. The Hall–Kier alpha value is -3.85. The lowest BCUT2D eigenvalue weighted by molar-refractivity contribution is -0.148. The fourth-order valence-electron chi connectivity index (χ4n) is 6.90. The van der Waals surface area contributed by atoms with E-state index in [4.69, 9.17) is 24.2 Å². The average Bonchev–Trinajstić information content (AvgIpc) is 3.09. The van der Waals surface area contributed by atoms with Crippen molar-refractivity contribution in [2.75, 3.05) is 53.1 Å². The molecule has 242 valence electrons. The van der Waals surface area contributed by atoms with Gasteiger partial charge in [0.1, 0.15) is 11.8 Å². The Balaban J connectivity index is 1.17. The summed E-state index contributed by atoms with van der Waals surface area (Å²) in [5, 5.41) is 1.07. The number of morpholine rings is 1. The molecular formula is C38H46N4O4. The molecule has 0 radical (unpaired) electrons. The number of pyridine rings is 2. The van der Waals surface area contributed by atoms with Crippen molar-refractivity contribution in [3.63, 3.8) is 0 Å². The first kappa shape index (κ1) is 32.1. The van der Waals surface area contributed by atoms with E-state index in [0.717, 1.165) is 98.5 Å². The molecule has 2 saturated heterocycles. The molecular weight excluding hydrogens is 576 g/mol. The van der Waals surface area contributed by atoms with Gasteiger partial charge in [-0.3, -0.25) is 24.6 Å². The molecule has 1 atom stereocenters. The van der Waals surface area contributed by atoms with E-state index in [1.807, 2.05) is 18.5 Å². The van der Waals surface area contributed by atoms with Crippen LogP contribution in [0.2, 0.25) is 0 Å². The predicted octanol–water partition coefficient (Wildman–Crippen LogP) is 6.13. The number of hydrogen-bond acceptors (Lipinski definition) is 8. The lowest BCUT2D eigenvalue weighted by Crippen LogP contribution is -2.44. The van der Waals surface area contributed by atoms with Crippen LogP contribution in [-0.4, -0.2) is 84.9 Å². The monoisotopic (exact) mass is 622 g/mol. The zero-order valence-electron chi connectivity index (χ0n) is 27.5. The van der Waals surface area contributed by atoms with Crippen molar-refractivity contribution in [1.29, 1.82) is 0 Å². The molecule has 2 aromatic carbocycles. The quantitative estimate of drug-likeness (QED) is 0.146. The van der Waals surface area contributed by atoms with Crippen molar-refractivity contribution in [3.05, 3.63) is 88.9 Å². The van der Waals surface area contributed by atoms with Gasteiger partial charge in [-0.15, -0.1) is 0 Å². The van der Waals surface area contributed by atoms with Crippen LogP contribution in [0.5, 0.6) is 5.75 Å². The summed E-state index contributed by atoms with van der Waals surface area (Å²) in [7, 11) is 1.47. The molecule has 2 fully saturated rings. The fourth-order valence-corrected chi connectivity index (χ4v) is 6.90. The van der Waals surface area contributed by atoms with Crippen LogP contribution >= 0.6 is 0 Å². The van der Waals surface area contributed by atoms with Crippen molar-refractivity contribution in [2.45, 2.75) is 58.5 Å². The summed E-state index contributed by atoms with van der Waals surface area (Å²) in [4.78, 5) is 26.7. The molecule has 0 aliphatic carbocycles. The summed E-state index contributed by atoms with van der Waals surface area (Å²) >= 11 is 0. The number of carbonyl (C=O) groups excluding carboxylic acids is 1. The SMILES string of the molecule is COC(=O)C1CCCCN1Cc1cnc2c(Cc3cccc(-c4cccc(OCCCN5CCOCC5)c4C)c3C)nccc2c1. The van der Waals surface area contributed by atoms with Gasteiger partial charge >= 0.3 is 5.97 Å². The van der Waals surface area contributed by atoms with Gasteiger partial charge in [-0.05, 0) is 91.2 Å². The number of esters is 1. The van der Waals surface area contributed by atoms with Gasteiger partial charge in [-0.25, -0.2) is 0 Å². The third-order valence-electron chi connectivity index (χ3n) is 9.56. The van der Waals surface area contributed by atoms with Crippen LogP contribution in [0.1, 0.15) is 53.6 Å². The van der Waals surface area contributed by atoms with Crippen molar-refractivity contribution < 1.29 is 19.0 Å². The molecule has 0 amide bonds. The van der Waals surface area contributed by atoms with E-state index in [9.17, 15) is 4.79 Å². The third-order valence-corrected chi connectivity index (χ3v) is 9.56. The zero-order valence-corrected chi connectivity index (χ0v) is 27.5. The molecule has 4 aromatic rings. The van der Waals surface area contributed by atoms with Gasteiger partial charge in [-0.1, -0.05) is 36.8 Å². The van der Waals surface area contributed by atoms with Gasteiger partial charge in [0.15, 0.2) is 0 Å². The van der Waals surface area contributed by atoms with Crippen LogP contribution in [0.15, 0.2) is 60.9 Å². The molecule has 0 saturated carbocycles. The highest BCUT2D eigenvalue weighted by molar-refractivity contribution is 5.81. The Morgan fingerprint density at radius 2 is 1.78 bits per heavy atom. The number of fused-ring (bicyclic) bond motifs is 1. The van der Waals surface area contributed by atoms with Crippen molar-refractivity contribution in [3.8, 4) is 16.9 Å². The van der Waals surface area contributed by atoms with Crippen LogP contribution in [-0.2, 0) is 27.2 Å². The van der Waals surface area contributed by atoms with E-state index in [-0.39, 0.29) is 12.0 Å². The Morgan fingerprint density at radius 3 is 2.61 bits per heavy atom. The molecule has 2 aliphatic rings. The number of likely N-dealkylation sites (tertiary alicyclic amines) is 1. The number of ether oxygens (including phenoxy) is 3. The summed E-state index contributed by atoms with van der Waals surface area (Å²) < 4.78 is 16.8. The van der Waals surface area contributed by atoms with Crippen LogP contribution in [0.3, 0.4) is 0 Å². The first-order chi connectivity index (χ1) is 22.5. The van der Waals surface area contributed by atoms with Gasteiger partial charge in [-0.2, -0.15) is 0 Å². The highest BCUT2D eigenvalue weighted by Gasteiger charge is 2.29. The minimum atomic E-state index is -0.186. The lowest BCUT2D eigenvalue weighted by atomic mass is 9.91. The number of rotatable bonds is 11. The van der Waals surface area contributed by atoms with Crippen LogP contribution in [0.4, 0.5) is 0 Å². The summed E-state index contributed by atoms with van der Waals surface area (Å²) in [5.74, 6) is 0.800. The molecule has 8 nitrogen and oxygen atoms in total. The molecule has 4 heterocycles. The number of methoxy groups -OCH3 is 1. The van der Waals surface area contributed by atoms with Crippen molar-refractivity contribution in [2.24, 2.45) is 0 Å². The molecule has 2 aromatic heterocycles. The smallest absolute Gasteiger partial charge is 0.323 e. The highest BCUT2D eigenvalue weighted by atomic mass is 16.5. The number of nitrogens with zero attached hydrogens (tertiary/aromatic N) is 4. The number of benzene rings is 2. The summed E-state index contributed by atoms with van der Waals surface area (Å²) in [6, 6.07) is 16.9. The van der Waals surface area contributed by atoms with Gasteiger partial charge in [0, 0.05) is 50.4 Å². The molecule has 8 heteroatoms. The Kier molecular flexibility index (Phi) is 10.6. The molecule has 46 heavy (non-hydrogen) atoms. The lowest BCUT2D eigenvalue weighted by Gasteiger charge is -2.33. The van der Waals surface area contributed by atoms with Crippen molar-refractivity contribution in [1.82, 2.24) is 19.8 Å². The largest absolute Gasteiger partial charge is 0.493 e. The maximum atomic E-state index is 12.4. The van der Waals surface area contributed by atoms with E-state index in [1.54, 1.807) is 0 Å². The Morgan fingerprint density at radius 1 is 0.978 bits per heavy atom. The standard InChI is InChI=1S/C38H46N4O4/c1-27-30(9-6-10-32(27)33-11-7-13-36(28(33)2)46-20-8-16-41-18-21-45-22-19-41)24-34-37-31(14-15-39-34)23-29(25-40-37)26-42-17-5-4-12-35(42)38(43)44-3/h6-7,9-11,13-15,23,25,35H,4-5,8,12,16-22,24,26H2,1-3H3. The maximum absolute atomic E-state index is 12.4. The third kappa shape index (κ3) is 7.41. The minimum absolute atomic E-state index is 0.147. The first-order valence-electron chi connectivity index (χ1n) is 16.7. The molecule has 6 rings (SSSR count). The summed E-state index contributed by atoms with van der Waals surface area (Å²) in [5.41, 5.74) is 9.02. The van der Waals surface area contributed by atoms with Crippen LogP contribution in [0.25, 0.3) is 22.0 Å². The van der Waals surface area contributed by atoms with E-state index < -0.39 is 0 Å². The second-order valence-corrected chi connectivity index (χ2v) is 12.5. The number of aromatic nitrogens is 2. The number of carbonyl (C=O) groups is 1. The second-order valence-electron chi connectivity index (χ2n) is 12.5. The van der Waals surface area contributed by atoms with E-state index >= 15 is 0 Å². The van der Waals surface area contributed by atoms with Gasteiger partial charge in [0.05, 0.1) is 38.1 Å². The number of hydrogen-bond donors (Lipinski definition) is 0. The van der Waals surface area contributed by atoms with E-state index in [2.05, 4.69) is 66.1 Å². The second kappa shape index (κ2) is 15.2. The van der Waals surface area contributed by atoms with Gasteiger partial charge in [0.25, 0.3) is 0 Å². The normalized spacial score (nSPS) is 17.7. The Labute approximate surface area is 272 Å². The first-order valence-corrected chi connectivity index (χ1v) is 16.7. The molecule has 0 bridgehead atoms. The van der Waals surface area contributed by atoms with Crippen molar-refractivity contribution >= 4 is 16.9 Å². The van der Waals surface area contributed by atoms with Crippen LogP contribution < -0.4 is 4.74 Å². The summed E-state index contributed by atoms with van der Waals surface area (Å²) in [6.07, 6.45) is 8.49. The van der Waals surface area contributed by atoms with E-state index in [0.29, 0.717) is 19.6 Å². The predicted molar refractivity (Wildman–Crippen MR) is 181 cm³/mol. The van der Waals surface area contributed by atoms with Gasteiger partial charge < -0.3 is 14.2 Å². The van der Waals surface area contributed by atoms with Crippen LogP contribution in [0, 0.1) is 13.8 Å². The Bertz CT molecular complexity index is 1650. The molecule has 0 spiro atoms. The maximum Gasteiger partial charge on any atom is 0.323 e. The molecule has 1 unspecified atom stereocenters. The summed E-state index contributed by atoms with van der Waals surface area (Å²) in [6.45, 7) is 11.3. The topological polar surface area (TPSA) is 77.0 Å². The van der Waals surface area contributed by atoms with Gasteiger partial charge in [0.2, 0.25) is 0 Å². The van der Waals surface area contributed by atoms with E-state index in [1.165, 1.54) is 29.4 Å². The minimum Gasteiger partial charge on any atom is -0.493 e. The zero-order chi connectivity index (χ0) is 31.9.